The monoisotopic (exact) mass is 251 g/mol. The highest BCUT2D eigenvalue weighted by Gasteiger charge is 2.13. The van der Waals surface area contributed by atoms with Crippen LogP contribution < -0.4 is 4.90 Å². The zero-order valence-electron chi connectivity index (χ0n) is 9.27. The first kappa shape index (κ1) is 11.8. The highest BCUT2D eigenvalue weighted by atomic mass is 35.5. The zero-order chi connectivity index (χ0) is 12.3. The number of halogens is 2. The molecule has 0 aliphatic rings. The molecule has 0 N–H and O–H groups in total. The van der Waals surface area contributed by atoms with Crippen LogP contribution in [0.3, 0.4) is 0 Å². The second-order valence-corrected chi connectivity index (χ2v) is 3.75. The Bertz CT molecular complexity index is 519. The SMILES string of the molecule is CCN(c1cccc(F)c1)c1nccnc1Cl. The number of benzene rings is 1. The Kier molecular flexibility index (Phi) is 3.54. The van der Waals surface area contributed by atoms with E-state index >= 15 is 0 Å². The maximum atomic E-state index is 13.2. The van der Waals surface area contributed by atoms with E-state index < -0.39 is 0 Å². The third kappa shape index (κ3) is 2.53. The standard InChI is InChI=1S/C12H11ClFN3/c1-2-17(10-5-3-4-9(14)8-10)12-11(13)15-6-7-16-12/h3-8H,2H2,1H3. The van der Waals surface area contributed by atoms with E-state index in [4.69, 9.17) is 11.6 Å². The van der Waals surface area contributed by atoms with Gasteiger partial charge < -0.3 is 4.90 Å². The molecule has 88 valence electrons. The van der Waals surface area contributed by atoms with Gasteiger partial charge in [0.25, 0.3) is 0 Å². The highest BCUT2D eigenvalue weighted by Crippen LogP contribution is 2.28. The van der Waals surface area contributed by atoms with Crippen LogP contribution in [0.15, 0.2) is 36.7 Å². The summed E-state index contributed by atoms with van der Waals surface area (Å²) in [5.41, 5.74) is 0.704. The molecule has 1 heterocycles. The quantitative estimate of drug-likeness (QED) is 0.837. The minimum Gasteiger partial charge on any atom is -0.324 e. The number of anilines is 2. The molecule has 0 saturated carbocycles. The van der Waals surface area contributed by atoms with E-state index in [9.17, 15) is 4.39 Å². The summed E-state index contributed by atoms with van der Waals surface area (Å²) in [5, 5.41) is 0.304. The van der Waals surface area contributed by atoms with Crippen LogP contribution in [0.1, 0.15) is 6.92 Å². The fourth-order valence-electron chi connectivity index (χ4n) is 1.59. The van der Waals surface area contributed by atoms with Gasteiger partial charge in [0.2, 0.25) is 0 Å². The van der Waals surface area contributed by atoms with Crippen LogP contribution in [0.5, 0.6) is 0 Å². The largest absolute Gasteiger partial charge is 0.324 e. The predicted molar refractivity (Wildman–Crippen MR) is 66.1 cm³/mol. The van der Waals surface area contributed by atoms with E-state index in [1.54, 1.807) is 23.2 Å². The van der Waals surface area contributed by atoms with Gasteiger partial charge in [-0.1, -0.05) is 17.7 Å². The summed E-state index contributed by atoms with van der Waals surface area (Å²) < 4.78 is 13.2. The average molecular weight is 252 g/mol. The van der Waals surface area contributed by atoms with Crippen molar-refractivity contribution in [3.63, 3.8) is 0 Å². The molecular formula is C12H11ClFN3. The van der Waals surface area contributed by atoms with Crippen molar-refractivity contribution in [1.82, 2.24) is 9.97 Å². The molecule has 0 fully saturated rings. The number of hydrogen-bond donors (Lipinski definition) is 0. The van der Waals surface area contributed by atoms with E-state index in [1.165, 1.54) is 18.3 Å². The van der Waals surface area contributed by atoms with E-state index in [1.807, 2.05) is 6.92 Å². The highest BCUT2D eigenvalue weighted by molar-refractivity contribution is 6.31. The lowest BCUT2D eigenvalue weighted by Crippen LogP contribution is -2.18. The van der Waals surface area contributed by atoms with Crippen molar-refractivity contribution in [3.05, 3.63) is 47.6 Å². The summed E-state index contributed by atoms with van der Waals surface area (Å²) in [4.78, 5) is 9.93. The first-order chi connectivity index (χ1) is 8.22. The number of nitrogens with zero attached hydrogens (tertiary/aromatic N) is 3. The van der Waals surface area contributed by atoms with Crippen LogP contribution in [0.2, 0.25) is 5.15 Å². The molecule has 1 aromatic heterocycles. The first-order valence-electron chi connectivity index (χ1n) is 5.22. The van der Waals surface area contributed by atoms with Crippen molar-refractivity contribution in [2.45, 2.75) is 6.92 Å². The number of aromatic nitrogens is 2. The second-order valence-electron chi connectivity index (χ2n) is 3.39. The summed E-state index contributed by atoms with van der Waals surface area (Å²) in [7, 11) is 0. The van der Waals surface area contributed by atoms with Crippen LogP contribution in [0, 0.1) is 5.82 Å². The summed E-state index contributed by atoms with van der Waals surface area (Å²) in [6.07, 6.45) is 3.08. The van der Waals surface area contributed by atoms with Crippen LogP contribution in [-0.2, 0) is 0 Å². The maximum absolute atomic E-state index is 13.2. The van der Waals surface area contributed by atoms with Gasteiger partial charge in [0.05, 0.1) is 0 Å². The van der Waals surface area contributed by atoms with Gasteiger partial charge >= 0.3 is 0 Å². The predicted octanol–water partition coefficient (Wildman–Crippen LogP) is 3.43. The summed E-state index contributed by atoms with van der Waals surface area (Å²) in [6.45, 7) is 2.57. The van der Waals surface area contributed by atoms with E-state index in [0.717, 1.165) is 0 Å². The minimum atomic E-state index is -0.291. The Morgan fingerprint density at radius 3 is 2.71 bits per heavy atom. The maximum Gasteiger partial charge on any atom is 0.172 e. The first-order valence-corrected chi connectivity index (χ1v) is 5.59. The molecule has 3 nitrogen and oxygen atoms in total. The topological polar surface area (TPSA) is 29.0 Å². The van der Waals surface area contributed by atoms with Crippen molar-refractivity contribution in [1.29, 1.82) is 0 Å². The van der Waals surface area contributed by atoms with Gasteiger partial charge in [-0.3, -0.25) is 0 Å². The van der Waals surface area contributed by atoms with Crippen LogP contribution in [0.25, 0.3) is 0 Å². The Morgan fingerprint density at radius 1 is 1.29 bits per heavy atom. The van der Waals surface area contributed by atoms with Gasteiger partial charge in [-0.05, 0) is 25.1 Å². The normalized spacial score (nSPS) is 10.3. The lowest BCUT2D eigenvalue weighted by Gasteiger charge is -2.22. The fourth-order valence-corrected chi connectivity index (χ4v) is 1.80. The summed E-state index contributed by atoms with van der Waals surface area (Å²) >= 11 is 5.98. The number of rotatable bonds is 3. The van der Waals surface area contributed by atoms with Gasteiger partial charge in [-0.25, -0.2) is 14.4 Å². The molecule has 0 aliphatic heterocycles. The van der Waals surface area contributed by atoms with Gasteiger partial charge in [0.1, 0.15) is 5.82 Å². The van der Waals surface area contributed by atoms with Crippen LogP contribution >= 0.6 is 11.6 Å². The zero-order valence-corrected chi connectivity index (χ0v) is 10.0. The van der Waals surface area contributed by atoms with E-state index in [0.29, 0.717) is 23.2 Å². The molecule has 1 aromatic carbocycles. The smallest absolute Gasteiger partial charge is 0.172 e. The molecule has 0 unspecified atom stereocenters. The molecular weight excluding hydrogens is 241 g/mol. The summed E-state index contributed by atoms with van der Waals surface area (Å²) in [6, 6.07) is 6.29. The Hall–Kier alpha value is -1.68. The molecule has 2 aromatic rings. The summed E-state index contributed by atoms with van der Waals surface area (Å²) in [5.74, 6) is 0.239. The van der Waals surface area contributed by atoms with E-state index in [2.05, 4.69) is 9.97 Å². The second kappa shape index (κ2) is 5.10. The van der Waals surface area contributed by atoms with Crippen molar-refractivity contribution in [3.8, 4) is 0 Å². The third-order valence-corrected chi connectivity index (χ3v) is 2.59. The van der Waals surface area contributed by atoms with Crippen molar-refractivity contribution >= 4 is 23.1 Å². The molecule has 0 bridgehead atoms. The Morgan fingerprint density at radius 2 is 2.06 bits per heavy atom. The van der Waals surface area contributed by atoms with Crippen molar-refractivity contribution in [2.24, 2.45) is 0 Å². The van der Waals surface area contributed by atoms with Crippen LogP contribution in [-0.4, -0.2) is 16.5 Å². The molecule has 0 atom stereocenters. The van der Waals surface area contributed by atoms with Crippen molar-refractivity contribution in [2.75, 3.05) is 11.4 Å². The molecule has 2 rings (SSSR count). The molecule has 0 radical (unpaired) electrons. The number of hydrogen-bond acceptors (Lipinski definition) is 3. The minimum absolute atomic E-state index is 0.291. The molecule has 0 saturated heterocycles. The lowest BCUT2D eigenvalue weighted by atomic mass is 10.3. The van der Waals surface area contributed by atoms with Crippen molar-refractivity contribution < 1.29 is 4.39 Å². The Balaban J connectivity index is 2.44. The van der Waals surface area contributed by atoms with Crippen LogP contribution in [0.4, 0.5) is 15.9 Å². The lowest BCUT2D eigenvalue weighted by molar-refractivity contribution is 0.627. The fraction of sp³-hybridized carbons (Fsp3) is 0.167. The molecule has 17 heavy (non-hydrogen) atoms. The van der Waals surface area contributed by atoms with Gasteiger partial charge in [-0.2, -0.15) is 0 Å². The van der Waals surface area contributed by atoms with Gasteiger partial charge in [0.15, 0.2) is 11.0 Å². The van der Waals surface area contributed by atoms with Gasteiger partial charge in [-0.15, -0.1) is 0 Å². The molecule has 0 spiro atoms. The Labute approximate surface area is 104 Å². The molecule has 0 aliphatic carbocycles. The third-order valence-electron chi connectivity index (χ3n) is 2.33. The molecule has 0 amide bonds. The average Bonchev–Trinajstić information content (AvgIpc) is 2.33. The molecule has 5 heteroatoms. The van der Waals surface area contributed by atoms with Gasteiger partial charge in [0, 0.05) is 24.6 Å². The van der Waals surface area contributed by atoms with E-state index in [-0.39, 0.29) is 5.82 Å².